The Kier molecular flexibility index (Phi) is 26.2. The number of hydrogen-bond donors (Lipinski definition) is 1. The molecule has 0 aliphatic carbocycles. The van der Waals surface area contributed by atoms with E-state index in [2.05, 4.69) is 26.0 Å². The lowest BCUT2D eigenvalue weighted by atomic mass is 10.1. The van der Waals surface area contributed by atoms with Crippen LogP contribution in [0.3, 0.4) is 0 Å². The predicted molar refractivity (Wildman–Crippen MR) is 145 cm³/mol. The first-order valence-corrected chi connectivity index (χ1v) is 14.7. The minimum Gasteiger partial charge on any atom is -0.462 e. The summed E-state index contributed by atoms with van der Waals surface area (Å²) < 4.78 is 10.5. The van der Waals surface area contributed by atoms with Gasteiger partial charge < -0.3 is 14.6 Å². The second-order valence-electron chi connectivity index (χ2n) is 9.83. The first kappa shape index (κ1) is 33.6. The molecule has 206 valence electrons. The minimum absolute atomic E-state index is 0.0650. The fourth-order valence-electron chi connectivity index (χ4n) is 4.02. The van der Waals surface area contributed by atoms with E-state index in [-0.39, 0.29) is 25.2 Å². The standard InChI is InChI=1S/C30H56O5/c1-3-5-7-9-11-13-14-15-17-19-21-23-25-30(33)35-28(26-31)27-34-29(32)24-22-20-18-16-12-10-8-6-4-2/h11,13,28,31H,3-10,12,14-27H2,1-2H3/b13-11+/t28-/m0/s1. The number of unbranched alkanes of at least 4 members (excludes halogenated alkanes) is 16. The first-order valence-electron chi connectivity index (χ1n) is 14.7. The maximum Gasteiger partial charge on any atom is 0.306 e. The number of aliphatic hydroxyl groups excluding tert-OH is 1. The third-order valence-corrected chi connectivity index (χ3v) is 6.31. The molecule has 0 rings (SSSR count). The van der Waals surface area contributed by atoms with Crippen LogP contribution in [-0.2, 0) is 19.1 Å². The molecular weight excluding hydrogens is 440 g/mol. The topological polar surface area (TPSA) is 72.8 Å². The summed E-state index contributed by atoms with van der Waals surface area (Å²) in [6, 6.07) is 0. The van der Waals surface area contributed by atoms with E-state index in [0.29, 0.717) is 12.8 Å². The zero-order chi connectivity index (χ0) is 25.8. The second-order valence-corrected chi connectivity index (χ2v) is 9.83. The number of carbonyl (C=O) groups is 2. The van der Waals surface area contributed by atoms with Crippen LogP contribution in [0.5, 0.6) is 0 Å². The summed E-state index contributed by atoms with van der Waals surface area (Å²) in [5.74, 6) is -0.604. The molecule has 0 fully saturated rings. The van der Waals surface area contributed by atoms with Crippen molar-refractivity contribution >= 4 is 11.9 Å². The highest BCUT2D eigenvalue weighted by molar-refractivity contribution is 5.70. The van der Waals surface area contributed by atoms with E-state index >= 15 is 0 Å². The summed E-state index contributed by atoms with van der Waals surface area (Å²) in [5.41, 5.74) is 0. The molecule has 0 radical (unpaired) electrons. The summed E-state index contributed by atoms with van der Waals surface area (Å²) in [5, 5.41) is 9.44. The van der Waals surface area contributed by atoms with Gasteiger partial charge in [-0.15, -0.1) is 0 Å². The molecule has 0 amide bonds. The lowest BCUT2D eigenvalue weighted by Crippen LogP contribution is -2.28. The van der Waals surface area contributed by atoms with Crippen LogP contribution in [0.2, 0.25) is 0 Å². The molecule has 0 unspecified atom stereocenters. The Bertz CT molecular complexity index is 503. The monoisotopic (exact) mass is 496 g/mol. The van der Waals surface area contributed by atoms with E-state index in [0.717, 1.165) is 44.9 Å². The van der Waals surface area contributed by atoms with Gasteiger partial charge in [-0.05, 0) is 38.5 Å². The highest BCUT2D eigenvalue weighted by atomic mass is 16.6. The average Bonchev–Trinajstić information content (AvgIpc) is 2.86. The average molecular weight is 497 g/mol. The molecule has 0 saturated carbocycles. The van der Waals surface area contributed by atoms with Crippen LogP contribution in [0, 0.1) is 0 Å². The van der Waals surface area contributed by atoms with Gasteiger partial charge in [-0.3, -0.25) is 9.59 Å². The Morgan fingerprint density at radius 3 is 1.60 bits per heavy atom. The van der Waals surface area contributed by atoms with E-state index in [1.54, 1.807) is 0 Å². The number of aliphatic hydroxyl groups is 1. The Hall–Kier alpha value is -1.36. The molecule has 35 heavy (non-hydrogen) atoms. The van der Waals surface area contributed by atoms with Crippen molar-refractivity contribution < 1.29 is 24.2 Å². The van der Waals surface area contributed by atoms with Crippen LogP contribution in [0.25, 0.3) is 0 Å². The van der Waals surface area contributed by atoms with Crippen LogP contribution in [0.4, 0.5) is 0 Å². The summed E-state index contributed by atoms with van der Waals surface area (Å²) in [6.07, 6.45) is 26.9. The van der Waals surface area contributed by atoms with Crippen molar-refractivity contribution in [3.63, 3.8) is 0 Å². The largest absolute Gasteiger partial charge is 0.462 e. The first-order chi connectivity index (χ1) is 17.1. The third kappa shape index (κ3) is 25.5. The molecule has 0 aromatic carbocycles. The molecule has 0 heterocycles. The van der Waals surface area contributed by atoms with Gasteiger partial charge in [0.05, 0.1) is 6.61 Å². The van der Waals surface area contributed by atoms with E-state index in [4.69, 9.17) is 9.47 Å². The molecule has 0 aromatic heterocycles. The summed E-state index contributed by atoms with van der Waals surface area (Å²) in [6.45, 7) is 4.06. The number of hydrogen-bond acceptors (Lipinski definition) is 5. The predicted octanol–water partition coefficient (Wildman–Crippen LogP) is 8.22. The van der Waals surface area contributed by atoms with Gasteiger partial charge in [-0.2, -0.15) is 0 Å². The van der Waals surface area contributed by atoms with E-state index < -0.39 is 6.10 Å². The number of ether oxygens (including phenoxy) is 2. The lowest BCUT2D eigenvalue weighted by molar-refractivity contribution is -0.161. The molecule has 0 spiro atoms. The van der Waals surface area contributed by atoms with E-state index in [9.17, 15) is 14.7 Å². The van der Waals surface area contributed by atoms with Gasteiger partial charge >= 0.3 is 11.9 Å². The van der Waals surface area contributed by atoms with Crippen molar-refractivity contribution in [1.82, 2.24) is 0 Å². The lowest BCUT2D eigenvalue weighted by Gasteiger charge is -2.15. The van der Waals surface area contributed by atoms with E-state index in [1.165, 1.54) is 77.0 Å². The SMILES string of the molecule is CCCCC/C=C/CCCCCCCC(=O)O[C@@H](CO)COC(=O)CCCCCCCCCCC. The third-order valence-electron chi connectivity index (χ3n) is 6.31. The van der Waals surface area contributed by atoms with Crippen LogP contribution >= 0.6 is 0 Å². The van der Waals surface area contributed by atoms with Crippen LogP contribution in [-0.4, -0.2) is 36.4 Å². The minimum atomic E-state index is -0.765. The molecule has 5 heteroatoms. The molecule has 0 aliphatic rings. The Morgan fingerprint density at radius 1 is 0.629 bits per heavy atom. The normalized spacial score (nSPS) is 12.2. The van der Waals surface area contributed by atoms with Gasteiger partial charge in [-0.1, -0.05) is 109 Å². The van der Waals surface area contributed by atoms with E-state index in [1.807, 2.05) is 0 Å². The highest BCUT2D eigenvalue weighted by Crippen LogP contribution is 2.12. The Morgan fingerprint density at radius 2 is 1.06 bits per heavy atom. The van der Waals surface area contributed by atoms with Gasteiger partial charge in [-0.25, -0.2) is 0 Å². The van der Waals surface area contributed by atoms with Gasteiger partial charge in [0.1, 0.15) is 6.61 Å². The molecule has 1 atom stereocenters. The fourth-order valence-corrected chi connectivity index (χ4v) is 4.02. The van der Waals surface area contributed by atoms with Gasteiger partial charge in [0.25, 0.3) is 0 Å². The highest BCUT2D eigenvalue weighted by Gasteiger charge is 2.16. The fraction of sp³-hybridized carbons (Fsp3) is 0.867. The quantitative estimate of drug-likeness (QED) is 0.0741. The molecule has 1 N–H and O–H groups in total. The van der Waals surface area contributed by atoms with Crippen molar-refractivity contribution in [3.05, 3.63) is 12.2 Å². The number of esters is 2. The smallest absolute Gasteiger partial charge is 0.306 e. The summed E-state index contributed by atoms with van der Waals surface area (Å²) in [7, 11) is 0. The molecule has 0 aliphatic heterocycles. The van der Waals surface area contributed by atoms with Crippen molar-refractivity contribution in [2.45, 2.75) is 155 Å². The van der Waals surface area contributed by atoms with Crippen LogP contribution < -0.4 is 0 Å². The van der Waals surface area contributed by atoms with Gasteiger partial charge in [0.2, 0.25) is 0 Å². The Balaban J connectivity index is 3.62. The molecule has 0 aromatic rings. The molecule has 0 bridgehead atoms. The van der Waals surface area contributed by atoms with Gasteiger partial charge in [0.15, 0.2) is 6.10 Å². The van der Waals surface area contributed by atoms with Gasteiger partial charge in [0, 0.05) is 12.8 Å². The number of carbonyl (C=O) groups excluding carboxylic acids is 2. The molecule has 0 saturated heterocycles. The van der Waals surface area contributed by atoms with Crippen molar-refractivity contribution in [2.75, 3.05) is 13.2 Å². The second kappa shape index (κ2) is 27.2. The van der Waals surface area contributed by atoms with Crippen LogP contribution in [0.15, 0.2) is 12.2 Å². The van der Waals surface area contributed by atoms with Crippen molar-refractivity contribution in [3.8, 4) is 0 Å². The number of rotatable bonds is 26. The number of allylic oxidation sites excluding steroid dienone is 2. The zero-order valence-electron chi connectivity index (χ0n) is 23.1. The van der Waals surface area contributed by atoms with Crippen molar-refractivity contribution in [1.29, 1.82) is 0 Å². The maximum absolute atomic E-state index is 12.0. The van der Waals surface area contributed by atoms with Crippen molar-refractivity contribution in [2.24, 2.45) is 0 Å². The summed E-state index contributed by atoms with van der Waals surface area (Å²) >= 11 is 0. The Labute approximate surface area is 216 Å². The maximum atomic E-state index is 12.0. The van der Waals surface area contributed by atoms with Crippen LogP contribution in [0.1, 0.15) is 149 Å². The zero-order valence-corrected chi connectivity index (χ0v) is 23.1. The molecule has 5 nitrogen and oxygen atoms in total. The molecular formula is C30H56O5. The summed E-state index contributed by atoms with van der Waals surface area (Å²) in [4.78, 5) is 23.9.